The molecule has 1 aliphatic carbocycles. The number of rotatable bonds is 13. The van der Waals surface area contributed by atoms with Crippen LogP contribution in [0.15, 0.2) is 52.9 Å². The highest BCUT2D eigenvalue weighted by atomic mass is 32.1. The van der Waals surface area contributed by atoms with E-state index in [1.54, 1.807) is 19.1 Å². The van der Waals surface area contributed by atoms with Crippen molar-refractivity contribution in [1.29, 1.82) is 0 Å². The minimum Gasteiger partial charge on any atom is -0.496 e. The lowest BCUT2D eigenvalue weighted by atomic mass is 10.0. The zero-order valence-corrected chi connectivity index (χ0v) is 28.1. The van der Waals surface area contributed by atoms with Crippen molar-refractivity contribution >= 4 is 57.5 Å². The van der Waals surface area contributed by atoms with E-state index in [4.69, 9.17) is 13.9 Å². The summed E-state index contributed by atoms with van der Waals surface area (Å²) in [7, 11) is -2.59. The second kappa shape index (κ2) is 12.6. The number of anilines is 1. The van der Waals surface area contributed by atoms with Gasteiger partial charge in [0.15, 0.2) is 10.6 Å². The molecule has 2 aromatic heterocycles. The van der Waals surface area contributed by atoms with Crippen LogP contribution in [0.5, 0.6) is 5.75 Å². The molecule has 0 spiro atoms. The van der Waals surface area contributed by atoms with Gasteiger partial charge >= 0.3 is 11.9 Å². The number of benzene rings is 2. The zero-order chi connectivity index (χ0) is 33.4. The highest BCUT2D eigenvalue weighted by Gasteiger charge is 2.45. The van der Waals surface area contributed by atoms with E-state index in [-0.39, 0.29) is 23.9 Å². The number of carbonyl (C=O) groups is 3. The molecule has 0 bridgehead atoms. The number of carboxylic acids is 1. The molecule has 5 rings (SSSR count). The Bertz CT molecular complexity index is 1860. The molecule has 46 heavy (non-hydrogen) atoms. The number of nitrogens with zero attached hydrogens (tertiary/aromatic N) is 1. The third-order valence-corrected chi connectivity index (χ3v) is 11.1. The quantitative estimate of drug-likeness (QED) is 0.101. The predicted octanol–water partition coefficient (Wildman–Crippen LogP) is 5.78. The van der Waals surface area contributed by atoms with E-state index in [2.05, 4.69) is 20.5 Å². The number of amides is 1. The van der Waals surface area contributed by atoms with Gasteiger partial charge in [0.2, 0.25) is 5.91 Å². The molecule has 244 valence electrons. The molecule has 0 saturated heterocycles. The Morgan fingerprint density at radius 2 is 1.76 bits per heavy atom. The molecule has 1 amide bonds. The van der Waals surface area contributed by atoms with Gasteiger partial charge < -0.3 is 24.3 Å². The van der Waals surface area contributed by atoms with Crippen molar-refractivity contribution in [1.82, 2.24) is 15.2 Å². The van der Waals surface area contributed by atoms with Gasteiger partial charge in [0.1, 0.15) is 22.6 Å². The van der Waals surface area contributed by atoms with Crippen molar-refractivity contribution in [3.63, 3.8) is 0 Å². The summed E-state index contributed by atoms with van der Waals surface area (Å²) in [5.74, 6) is -1.10. The number of fused-ring (bicyclic) bond motifs is 1. The Balaban J connectivity index is 1.54. The SMILES string of the molecule is CCOC(=O)C(C)(C)NP(=O)(NC(C)(C)C(=O)O)c1ccc(-c2cc(-c3cccc4nc(NC(=O)C5CC5)sc34)ccc2OC)o1. The number of carbonyl (C=O) groups excluding carboxylic acids is 2. The fourth-order valence-corrected chi connectivity index (χ4v) is 8.38. The normalized spacial score (nSPS) is 14.9. The Kier molecular flexibility index (Phi) is 9.16. The summed E-state index contributed by atoms with van der Waals surface area (Å²) in [5, 5.41) is 18.8. The first kappa shape index (κ1) is 33.3. The van der Waals surface area contributed by atoms with E-state index in [0.717, 1.165) is 34.2 Å². The number of esters is 1. The molecular weight excluding hydrogens is 631 g/mol. The monoisotopic (exact) mass is 668 g/mol. The summed E-state index contributed by atoms with van der Waals surface area (Å²) in [6, 6.07) is 14.4. The number of methoxy groups -OCH3 is 1. The molecule has 1 fully saturated rings. The van der Waals surface area contributed by atoms with E-state index < -0.39 is 30.5 Å². The highest BCUT2D eigenvalue weighted by molar-refractivity contribution is 7.67. The standard InChI is InChI=1S/C32H37N4O8PS/c1-7-43-29(40)32(4,5)36-45(41,35-31(2,3)28(38)39)25-16-15-24(44-25)21-17-19(13-14-23(21)42-6)20-9-8-10-22-26(20)46-30(33-22)34-27(37)18-11-12-18/h8-10,13-18H,7,11-12H2,1-6H3,(H,38,39)(H,33,34,37)(H2,35,36,41). The van der Waals surface area contributed by atoms with Crippen LogP contribution in [-0.4, -0.2) is 52.7 Å². The van der Waals surface area contributed by atoms with Gasteiger partial charge in [-0.2, -0.15) is 0 Å². The van der Waals surface area contributed by atoms with E-state index in [1.165, 1.54) is 52.2 Å². The number of hydrogen-bond donors (Lipinski definition) is 4. The van der Waals surface area contributed by atoms with Crippen LogP contribution in [0.25, 0.3) is 32.7 Å². The maximum absolute atomic E-state index is 14.6. The van der Waals surface area contributed by atoms with Crippen molar-refractivity contribution in [2.24, 2.45) is 5.92 Å². The van der Waals surface area contributed by atoms with Crippen molar-refractivity contribution < 1.29 is 37.9 Å². The van der Waals surface area contributed by atoms with E-state index >= 15 is 0 Å². The lowest BCUT2D eigenvalue weighted by molar-refractivity contribution is -0.149. The van der Waals surface area contributed by atoms with Gasteiger partial charge in [-0.15, -0.1) is 0 Å². The molecule has 1 saturated carbocycles. The van der Waals surface area contributed by atoms with Crippen molar-refractivity contribution in [2.45, 2.75) is 58.5 Å². The van der Waals surface area contributed by atoms with Crippen LogP contribution in [0, 0.1) is 5.92 Å². The predicted molar refractivity (Wildman–Crippen MR) is 177 cm³/mol. The summed E-state index contributed by atoms with van der Waals surface area (Å²) in [6.45, 7) is 7.47. The van der Waals surface area contributed by atoms with Crippen molar-refractivity contribution in [3.05, 3.63) is 48.5 Å². The summed E-state index contributed by atoms with van der Waals surface area (Å²) in [5.41, 5.74) is -0.242. The summed E-state index contributed by atoms with van der Waals surface area (Å²) in [4.78, 5) is 41.7. The van der Waals surface area contributed by atoms with Crippen molar-refractivity contribution in [2.75, 3.05) is 19.0 Å². The smallest absolute Gasteiger partial charge is 0.326 e. The molecule has 14 heteroatoms. The number of nitrogens with one attached hydrogen (secondary N) is 3. The van der Waals surface area contributed by atoms with Gasteiger partial charge in [0.05, 0.1) is 29.5 Å². The average molecular weight is 669 g/mol. The van der Waals surface area contributed by atoms with Gasteiger partial charge in [0.25, 0.3) is 7.44 Å². The molecule has 4 aromatic rings. The van der Waals surface area contributed by atoms with Crippen LogP contribution in [0.2, 0.25) is 0 Å². The number of hydrogen-bond acceptors (Lipinski definition) is 9. The third kappa shape index (κ3) is 6.87. The van der Waals surface area contributed by atoms with Gasteiger partial charge in [-0.25, -0.2) is 15.2 Å². The number of aliphatic carboxylic acids is 1. The molecule has 12 nitrogen and oxygen atoms in total. The first-order valence-electron chi connectivity index (χ1n) is 14.8. The topological polar surface area (TPSA) is 169 Å². The molecular formula is C32H37N4O8PS. The lowest BCUT2D eigenvalue weighted by Gasteiger charge is -2.33. The maximum atomic E-state index is 14.6. The Labute approximate surface area is 270 Å². The van der Waals surface area contributed by atoms with Gasteiger partial charge in [0, 0.05) is 11.5 Å². The zero-order valence-electron chi connectivity index (χ0n) is 26.4. The number of ether oxygens (including phenoxy) is 2. The third-order valence-electron chi connectivity index (χ3n) is 7.47. The minimum atomic E-state index is -4.11. The molecule has 1 atom stereocenters. The number of aromatic nitrogens is 1. The number of carboxylic acid groups (broad SMARTS) is 1. The molecule has 4 N–H and O–H groups in total. The molecule has 0 aliphatic heterocycles. The van der Waals surface area contributed by atoms with Crippen LogP contribution >= 0.6 is 18.8 Å². The first-order valence-corrected chi connectivity index (χ1v) is 17.3. The van der Waals surface area contributed by atoms with Crippen LogP contribution < -0.4 is 25.7 Å². The van der Waals surface area contributed by atoms with Gasteiger partial charge in [-0.1, -0.05) is 29.5 Å². The van der Waals surface area contributed by atoms with Crippen LogP contribution in [0.3, 0.4) is 0 Å². The van der Waals surface area contributed by atoms with Crippen LogP contribution in [-0.2, 0) is 23.7 Å². The second-order valence-electron chi connectivity index (χ2n) is 12.1. The van der Waals surface area contributed by atoms with Crippen LogP contribution in [0.1, 0.15) is 47.5 Å². The molecule has 2 aromatic carbocycles. The number of furan rings is 1. The van der Waals surface area contributed by atoms with Gasteiger partial charge in [-0.3, -0.25) is 18.9 Å². The maximum Gasteiger partial charge on any atom is 0.326 e. The van der Waals surface area contributed by atoms with Crippen LogP contribution in [0.4, 0.5) is 5.13 Å². The molecule has 1 aliphatic rings. The lowest BCUT2D eigenvalue weighted by Crippen LogP contribution is -2.54. The highest BCUT2D eigenvalue weighted by Crippen LogP contribution is 2.44. The Hall–Kier alpha value is -4.03. The van der Waals surface area contributed by atoms with Gasteiger partial charge in [-0.05, 0) is 83.4 Å². The fourth-order valence-electron chi connectivity index (χ4n) is 4.82. The minimum absolute atomic E-state index is 0.0142. The summed E-state index contributed by atoms with van der Waals surface area (Å²) in [6.07, 6.45) is 1.79. The second-order valence-corrected chi connectivity index (χ2v) is 15.2. The Morgan fingerprint density at radius 1 is 1.04 bits per heavy atom. The van der Waals surface area contributed by atoms with E-state index in [9.17, 15) is 24.1 Å². The number of thiazole rings is 1. The summed E-state index contributed by atoms with van der Waals surface area (Å²) >= 11 is 1.39. The fraction of sp³-hybridized carbons (Fsp3) is 0.375. The van der Waals surface area contributed by atoms with Crippen molar-refractivity contribution in [3.8, 4) is 28.2 Å². The molecule has 1 unspecified atom stereocenters. The Morgan fingerprint density at radius 3 is 2.41 bits per heavy atom. The van der Waals surface area contributed by atoms with E-state index in [0.29, 0.717) is 22.2 Å². The average Bonchev–Trinajstić information content (AvgIpc) is 3.57. The first-order chi connectivity index (χ1) is 21.7. The summed E-state index contributed by atoms with van der Waals surface area (Å²) < 4.78 is 32.4. The molecule has 2 heterocycles. The largest absolute Gasteiger partial charge is 0.496 e. The molecule has 0 radical (unpaired) electrons. The van der Waals surface area contributed by atoms with E-state index in [1.807, 2.05) is 30.3 Å².